The summed E-state index contributed by atoms with van der Waals surface area (Å²) < 4.78 is 0. The molecule has 0 N–H and O–H groups in total. The predicted molar refractivity (Wildman–Crippen MR) is 74.7 cm³/mol. The first kappa shape index (κ1) is 12.9. The summed E-state index contributed by atoms with van der Waals surface area (Å²) in [6.07, 6.45) is 1.94. The lowest BCUT2D eigenvalue weighted by molar-refractivity contribution is -0.134. The molecule has 1 saturated heterocycles. The van der Waals surface area contributed by atoms with Gasteiger partial charge in [-0.2, -0.15) is 0 Å². The standard InChI is InChI=1S/C15H22N2O/c1-3-16(2)15(18)13-9-11-17(12-10-13)14-7-5-4-6-8-14/h4-8,13H,3,9-12H2,1-2H3. The van der Waals surface area contributed by atoms with Crippen LogP contribution in [-0.4, -0.2) is 37.5 Å². The van der Waals surface area contributed by atoms with E-state index < -0.39 is 0 Å². The highest BCUT2D eigenvalue weighted by molar-refractivity contribution is 5.78. The quantitative estimate of drug-likeness (QED) is 0.817. The molecule has 98 valence electrons. The molecule has 1 fully saturated rings. The Hall–Kier alpha value is -1.51. The Morgan fingerprint density at radius 3 is 2.44 bits per heavy atom. The van der Waals surface area contributed by atoms with Crippen LogP contribution in [0.25, 0.3) is 0 Å². The van der Waals surface area contributed by atoms with Crippen LogP contribution in [0.1, 0.15) is 19.8 Å². The van der Waals surface area contributed by atoms with Gasteiger partial charge in [0, 0.05) is 38.3 Å². The van der Waals surface area contributed by atoms with Gasteiger partial charge >= 0.3 is 0 Å². The van der Waals surface area contributed by atoms with Crippen LogP contribution in [-0.2, 0) is 4.79 Å². The third-order valence-corrected chi connectivity index (χ3v) is 3.82. The molecule has 1 aliphatic rings. The first-order valence-corrected chi connectivity index (χ1v) is 6.77. The molecular weight excluding hydrogens is 224 g/mol. The van der Waals surface area contributed by atoms with E-state index >= 15 is 0 Å². The van der Waals surface area contributed by atoms with E-state index in [4.69, 9.17) is 0 Å². The number of carbonyl (C=O) groups excluding carboxylic acids is 1. The third kappa shape index (κ3) is 2.84. The summed E-state index contributed by atoms with van der Waals surface area (Å²) in [5.41, 5.74) is 1.27. The third-order valence-electron chi connectivity index (χ3n) is 3.82. The minimum Gasteiger partial charge on any atom is -0.371 e. The lowest BCUT2D eigenvalue weighted by Crippen LogP contribution is -2.41. The summed E-state index contributed by atoms with van der Waals surface area (Å²) in [6.45, 7) is 4.80. The Morgan fingerprint density at radius 2 is 1.89 bits per heavy atom. The second-order valence-electron chi connectivity index (χ2n) is 4.95. The maximum absolute atomic E-state index is 12.1. The summed E-state index contributed by atoms with van der Waals surface area (Å²) >= 11 is 0. The van der Waals surface area contributed by atoms with Crippen molar-refractivity contribution in [3.8, 4) is 0 Å². The monoisotopic (exact) mass is 246 g/mol. The van der Waals surface area contributed by atoms with E-state index in [1.54, 1.807) is 0 Å². The first-order valence-electron chi connectivity index (χ1n) is 6.77. The fourth-order valence-corrected chi connectivity index (χ4v) is 2.49. The van der Waals surface area contributed by atoms with Gasteiger partial charge < -0.3 is 9.80 Å². The molecule has 0 radical (unpaired) electrons. The Bertz CT molecular complexity index is 383. The zero-order chi connectivity index (χ0) is 13.0. The number of amides is 1. The van der Waals surface area contributed by atoms with Gasteiger partial charge in [0.2, 0.25) is 5.91 Å². The highest BCUT2D eigenvalue weighted by atomic mass is 16.2. The molecule has 0 atom stereocenters. The van der Waals surface area contributed by atoms with Crippen LogP contribution in [0.15, 0.2) is 30.3 Å². The number of piperidine rings is 1. The van der Waals surface area contributed by atoms with Crippen LogP contribution in [0.5, 0.6) is 0 Å². The summed E-state index contributed by atoms with van der Waals surface area (Å²) in [5.74, 6) is 0.528. The smallest absolute Gasteiger partial charge is 0.225 e. The average Bonchev–Trinajstić information content (AvgIpc) is 2.47. The topological polar surface area (TPSA) is 23.6 Å². The molecule has 0 saturated carbocycles. The number of hydrogen-bond donors (Lipinski definition) is 0. The number of anilines is 1. The minimum atomic E-state index is 0.218. The van der Waals surface area contributed by atoms with Gasteiger partial charge in [-0.25, -0.2) is 0 Å². The fraction of sp³-hybridized carbons (Fsp3) is 0.533. The Morgan fingerprint density at radius 1 is 1.28 bits per heavy atom. The summed E-state index contributed by atoms with van der Waals surface area (Å²) in [5, 5.41) is 0. The molecule has 18 heavy (non-hydrogen) atoms. The van der Waals surface area contributed by atoms with Crippen molar-refractivity contribution in [3.05, 3.63) is 30.3 Å². The number of para-hydroxylation sites is 1. The van der Waals surface area contributed by atoms with Crippen molar-refractivity contribution in [2.24, 2.45) is 5.92 Å². The van der Waals surface area contributed by atoms with Gasteiger partial charge in [0.25, 0.3) is 0 Å². The molecule has 0 spiro atoms. The summed E-state index contributed by atoms with van der Waals surface area (Å²) in [4.78, 5) is 16.3. The Labute approximate surface area is 109 Å². The number of nitrogens with zero attached hydrogens (tertiary/aromatic N) is 2. The first-order chi connectivity index (χ1) is 8.72. The number of rotatable bonds is 3. The van der Waals surface area contributed by atoms with Crippen molar-refractivity contribution in [1.29, 1.82) is 0 Å². The number of benzene rings is 1. The molecule has 1 amide bonds. The van der Waals surface area contributed by atoms with Gasteiger partial charge in [0.05, 0.1) is 0 Å². The Kier molecular flexibility index (Phi) is 4.24. The van der Waals surface area contributed by atoms with E-state index in [9.17, 15) is 4.79 Å². The maximum Gasteiger partial charge on any atom is 0.225 e. The summed E-state index contributed by atoms with van der Waals surface area (Å²) in [6, 6.07) is 10.4. The molecule has 1 aliphatic heterocycles. The zero-order valence-electron chi connectivity index (χ0n) is 11.3. The van der Waals surface area contributed by atoms with Gasteiger partial charge in [0.15, 0.2) is 0 Å². The fourth-order valence-electron chi connectivity index (χ4n) is 2.49. The summed E-state index contributed by atoms with van der Waals surface area (Å²) in [7, 11) is 1.89. The zero-order valence-corrected chi connectivity index (χ0v) is 11.3. The normalized spacial score (nSPS) is 16.7. The van der Waals surface area contributed by atoms with Gasteiger partial charge in [-0.15, -0.1) is 0 Å². The van der Waals surface area contributed by atoms with E-state index in [0.717, 1.165) is 32.5 Å². The van der Waals surface area contributed by atoms with Crippen LogP contribution < -0.4 is 4.90 Å². The highest BCUT2D eigenvalue weighted by Gasteiger charge is 2.26. The van der Waals surface area contributed by atoms with Crippen molar-refractivity contribution in [1.82, 2.24) is 4.90 Å². The van der Waals surface area contributed by atoms with Crippen molar-refractivity contribution in [2.75, 3.05) is 31.6 Å². The average molecular weight is 246 g/mol. The van der Waals surface area contributed by atoms with Crippen LogP contribution in [0.2, 0.25) is 0 Å². The van der Waals surface area contributed by atoms with Crippen LogP contribution >= 0.6 is 0 Å². The molecule has 0 aromatic heterocycles. The van der Waals surface area contributed by atoms with E-state index in [2.05, 4.69) is 29.2 Å². The van der Waals surface area contributed by atoms with E-state index in [-0.39, 0.29) is 5.92 Å². The SMILES string of the molecule is CCN(C)C(=O)C1CCN(c2ccccc2)CC1. The second kappa shape index (κ2) is 5.89. The van der Waals surface area contributed by atoms with E-state index in [1.165, 1.54) is 5.69 Å². The largest absolute Gasteiger partial charge is 0.371 e. The van der Waals surface area contributed by atoms with Crippen LogP contribution in [0.3, 0.4) is 0 Å². The molecule has 0 bridgehead atoms. The van der Waals surface area contributed by atoms with Crippen molar-refractivity contribution in [3.63, 3.8) is 0 Å². The van der Waals surface area contributed by atoms with Gasteiger partial charge in [0.1, 0.15) is 0 Å². The molecule has 3 nitrogen and oxygen atoms in total. The predicted octanol–water partition coefficient (Wildman–Crippen LogP) is 2.38. The molecular formula is C15H22N2O. The molecule has 0 unspecified atom stereocenters. The molecule has 2 rings (SSSR count). The van der Waals surface area contributed by atoms with Gasteiger partial charge in [-0.3, -0.25) is 4.79 Å². The maximum atomic E-state index is 12.1. The van der Waals surface area contributed by atoms with Crippen molar-refractivity contribution < 1.29 is 4.79 Å². The van der Waals surface area contributed by atoms with Crippen molar-refractivity contribution >= 4 is 11.6 Å². The van der Waals surface area contributed by atoms with Gasteiger partial charge in [-0.1, -0.05) is 18.2 Å². The van der Waals surface area contributed by atoms with E-state index in [0.29, 0.717) is 5.91 Å². The highest BCUT2D eigenvalue weighted by Crippen LogP contribution is 2.24. The minimum absolute atomic E-state index is 0.218. The number of hydrogen-bond acceptors (Lipinski definition) is 2. The van der Waals surface area contributed by atoms with E-state index in [1.807, 2.05) is 24.9 Å². The molecule has 3 heteroatoms. The molecule has 1 heterocycles. The van der Waals surface area contributed by atoms with Crippen LogP contribution in [0, 0.1) is 5.92 Å². The second-order valence-corrected chi connectivity index (χ2v) is 4.95. The molecule has 1 aromatic rings. The molecule has 1 aromatic carbocycles. The Balaban J connectivity index is 1.90. The van der Waals surface area contributed by atoms with Crippen molar-refractivity contribution in [2.45, 2.75) is 19.8 Å². The lowest BCUT2D eigenvalue weighted by atomic mass is 9.95. The lowest BCUT2D eigenvalue weighted by Gasteiger charge is -2.34. The molecule has 0 aliphatic carbocycles. The van der Waals surface area contributed by atoms with Gasteiger partial charge in [-0.05, 0) is 31.9 Å². The van der Waals surface area contributed by atoms with Crippen LogP contribution in [0.4, 0.5) is 5.69 Å². The number of carbonyl (C=O) groups is 1.